The lowest BCUT2D eigenvalue weighted by atomic mass is 9.97. The summed E-state index contributed by atoms with van der Waals surface area (Å²) in [5.41, 5.74) is 8.68. The van der Waals surface area contributed by atoms with Crippen molar-refractivity contribution in [2.24, 2.45) is 0 Å². The molecule has 1 aliphatic carbocycles. The molecule has 0 atom stereocenters. The van der Waals surface area contributed by atoms with E-state index in [1.807, 2.05) is 11.3 Å². The molecule has 0 radical (unpaired) electrons. The van der Waals surface area contributed by atoms with Crippen LogP contribution >= 0.6 is 11.3 Å². The Kier molecular flexibility index (Phi) is 6.20. The second-order valence-electron chi connectivity index (χ2n) is 10.9. The topological polar surface area (TPSA) is 3.24 Å². The van der Waals surface area contributed by atoms with Crippen LogP contribution < -0.4 is 4.90 Å². The molecule has 1 aliphatic rings. The average Bonchev–Trinajstić information content (AvgIpc) is 3.45. The van der Waals surface area contributed by atoms with Gasteiger partial charge in [0, 0.05) is 36.9 Å². The number of allylic oxidation sites excluding steroid dienone is 4. The van der Waals surface area contributed by atoms with Crippen LogP contribution in [0.1, 0.15) is 18.4 Å². The van der Waals surface area contributed by atoms with Crippen molar-refractivity contribution in [1.29, 1.82) is 0 Å². The number of hydrogen-bond acceptors (Lipinski definition) is 2. The van der Waals surface area contributed by atoms with Gasteiger partial charge in [0.25, 0.3) is 0 Å². The monoisotopic (exact) mass is 555 g/mol. The summed E-state index contributed by atoms with van der Waals surface area (Å²) >= 11 is 1.88. The maximum Gasteiger partial charge on any atom is 0.0540 e. The molecule has 0 saturated heterocycles. The standard InChI is InChI=1S/C40H29NS/c1-2-11-28(12-3-1)29-23-25-32(26-24-29)41(38-21-9-14-30-13-4-5-17-34(30)38)33-16-8-15-31(27-33)35-19-10-20-37-36-18-6-7-22-39(36)42-40(35)37/h1-2,4-11,13-27H,3,12H2. The largest absolute Gasteiger partial charge is 0.310 e. The number of anilines is 3. The first-order chi connectivity index (χ1) is 20.8. The Morgan fingerprint density at radius 1 is 0.571 bits per heavy atom. The van der Waals surface area contributed by atoms with Crippen molar-refractivity contribution < 1.29 is 0 Å². The first-order valence-electron chi connectivity index (χ1n) is 14.6. The van der Waals surface area contributed by atoms with Crippen molar-refractivity contribution in [1.82, 2.24) is 0 Å². The molecule has 7 aromatic rings. The summed E-state index contributed by atoms with van der Waals surface area (Å²) in [7, 11) is 0. The highest BCUT2D eigenvalue weighted by atomic mass is 32.1. The third kappa shape index (κ3) is 4.32. The third-order valence-electron chi connectivity index (χ3n) is 8.34. The summed E-state index contributed by atoms with van der Waals surface area (Å²) in [6.45, 7) is 0. The van der Waals surface area contributed by atoms with E-state index in [0.717, 1.165) is 24.2 Å². The van der Waals surface area contributed by atoms with Gasteiger partial charge in [0.05, 0.1) is 5.69 Å². The third-order valence-corrected chi connectivity index (χ3v) is 9.56. The van der Waals surface area contributed by atoms with Crippen LogP contribution in [0.3, 0.4) is 0 Å². The molecule has 1 aromatic heterocycles. The molecule has 0 fully saturated rings. The Labute approximate surface area is 250 Å². The smallest absolute Gasteiger partial charge is 0.0540 e. The van der Waals surface area contributed by atoms with Crippen LogP contribution in [0.5, 0.6) is 0 Å². The van der Waals surface area contributed by atoms with Gasteiger partial charge in [-0.3, -0.25) is 0 Å². The summed E-state index contributed by atoms with van der Waals surface area (Å²) in [4.78, 5) is 2.41. The van der Waals surface area contributed by atoms with Crippen molar-refractivity contribution in [2.45, 2.75) is 12.8 Å². The van der Waals surface area contributed by atoms with E-state index in [1.165, 1.54) is 58.9 Å². The molecule has 0 aliphatic heterocycles. The number of rotatable bonds is 5. The highest BCUT2D eigenvalue weighted by Crippen LogP contribution is 2.43. The van der Waals surface area contributed by atoms with Gasteiger partial charge >= 0.3 is 0 Å². The molecule has 0 N–H and O–H groups in total. The van der Waals surface area contributed by atoms with Gasteiger partial charge in [-0.15, -0.1) is 11.3 Å². The summed E-state index contributed by atoms with van der Waals surface area (Å²) < 4.78 is 2.67. The van der Waals surface area contributed by atoms with Crippen LogP contribution in [-0.4, -0.2) is 0 Å². The SMILES string of the molecule is C1=CCCC(c2ccc(N(c3cccc(-c4cccc5c4sc4ccccc45)c3)c3cccc4ccccc34)cc2)=C1. The normalized spacial score (nSPS) is 13.1. The first-order valence-corrected chi connectivity index (χ1v) is 15.4. The molecule has 42 heavy (non-hydrogen) atoms. The predicted molar refractivity (Wildman–Crippen MR) is 183 cm³/mol. The summed E-state index contributed by atoms with van der Waals surface area (Å²) in [5.74, 6) is 0. The number of fused-ring (bicyclic) bond motifs is 4. The molecule has 0 unspecified atom stereocenters. The minimum absolute atomic E-state index is 1.09. The quantitative estimate of drug-likeness (QED) is 0.204. The maximum absolute atomic E-state index is 2.41. The van der Waals surface area contributed by atoms with Gasteiger partial charge in [-0.05, 0) is 76.9 Å². The van der Waals surface area contributed by atoms with Crippen LogP contribution in [0, 0.1) is 0 Å². The van der Waals surface area contributed by atoms with E-state index in [1.54, 1.807) is 0 Å². The van der Waals surface area contributed by atoms with Gasteiger partial charge < -0.3 is 4.90 Å². The second kappa shape index (κ2) is 10.5. The van der Waals surface area contributed by atoms with E-state index >= 15 is 0 Å². The highest BCUT2D eigenvalue weighted by molar-refractivity contribution is 7.26. The Balaban J connectivity index is 1.30. The molecular weight excluding hydrogens is 527 g/mol. The minimum atomic E-state index is 1.09. The average molecular weight is 556 g/mol. The lowest BCUT2D eigenvalue weighted by Crippen LogP contribution is -2.10. The number of thiophene rings is 1. The van der Waals surface area contributed by atoms with Crippen LogP contribution in [0.25, 0.3) is 47.6 Å². The number of nitrogens with zero attached hydrogens (tertiary/aromatic N) is 1. The molecule has 0 bridgehead atoms. The van der Waals surface area contributed by atoms with Gasteiger partial charge in [-0.25, -0.2) is 0 Å². The van der Waals surface area contributed by atoms with Crippen LogP contribution in [-0.2, 0) is 0 Å². The summed E-state index contributed by atoms with van der Waals surface area (Å²) in [6.07, 6.45) is 8.87. The van der Waals surface area contributed by atoms with Gasteiger partial charge in [0.15, 0.2) is 0 Å². The number of hydrogen-bond donors (Lipinski definition) is 0. The van der Waals surface area contributed by atoms with Gasteiger partial charge in [0.2, 0.25) is 0 Å². The lowest BCUT2D eigenvalue weighted by molar-refractivity contribution is 1.05. The molecule has 8 rings (SSSR count). The van der Waals surface area contributed by atoms with Crippen LogP contribution in [0.4, 0.5) is 17.1 Å². The maximum atomic E-state index is 2.41. The fraction of sp³-hybridized carbons (Fsp3) is 0.0500. The molecular formula is C40H29NS. The minimum Gasteiger partial charge on any atom is -0.310 e. The van der Waals surface area contributed by atoms with E-state index in [-0.39, 0.29) is 0 Å². The van der Waals surface area contributed by atoms with E-state index < -0.39 is 0 Å². The van der Waals surface area contributed by atoms with Crippen LogP contribution in [0.15, 0.2) is 152 Å². The molecule has 1 heterocycles. The van der Waals surface area contributed by atoms with Crippen molar-refractivity contribution in [3.63, 3.8) is 0 Å². The van der Waals surface area contributed by atoms with Crippen molar-refractivity contribution in [3.05, 3.63) is 157 Å². The molecule has 0 amide bonds. The van der Waals surface area contributed by atoms with E-state index in [9.17, 15) is 0 Å². The second-order valence-corrected chi connectivity index (χ2v) is 11.9. The Morgan fingerprint density at radius 3 is 2.21 bits per heavy atom. The molecule has 1 nitrogen and oxygen atoms in total. The van der Waals surface area contributed by atoms with Crippen molar-refractivity contribution >= 4 is 64.9 Å². The van der Waals surface area contributed by atoms with Crippen molar-refractivity contribution in [3.8, 4) is 11.1 Å². The molecule has 2 heteroatoms. The predicted octanol–water partition coefficient (Wildman–Crippen LogP) is 12.1. The zero-order valence-corrected chi connectivity index (χ0v) is 24.0. The Bertz CT molecular complexity index is 2140. The van der Waals surface area contributed by atoms with Gasteiger partial charge in [0.1, 0.15) is 0 Å². The summed E-state index contributed by atoms with van der Waals surface area (Å²) in [6, 6.07) is 48.9. The first kappa shape index (κ1) is 24.8. The highest BCUT2D eigenvalue weighted by Gasteiger charge is 2.17. The van der Waals surface area contributed by atoms with Gasteiger partial charge in [-0.1, -0.05) is 115 Å². The van der Waals surface area contributed by atoms with Gasteiger partial charge in [-0.2, -0.15) is 0 Å². The van der Waals surface area contributed by atoms with Crippen molar-refractivity contribution in [2.75, 3.05) is 4.90 Å². The molecule has 0 saturated carbocycles. The van der Waals surface area contributed by atoms with E-state index in [2.05, 4.69) is 157 Å². The van der Waals surface area contributed by atoms with E-state index in [4.69, 9.17) is 0 Å². The Morgan fingerprint density at radius 2 is 1.33 bits per heavy atom. The van der Waals surface area contributed by atoms with Crippen LogP contribution in [0.2, 0.25) is 0 Å². The zero-order chi connectivity index (χ0) is 27.9. The molecule has 0 spiro atoms. The Hall–Kier alpha value is -4.92. The number of benzene rings is 6. The fourth-order valence-electron chi connectivity index (χ4n) is 6.29. The fourth-order valence-corrected chi connectivity index (χ4v) is 7.52. The molecule has 6 aromatic carbocycles. The van der Waals surface area contributed by atoms with E-state index in [0.29, 0.717) is 0 Å². The lowest BCUT2D eigenvalue weighted by Gasteiger charge is -2.27. The summed E-state index contributed by atoms with van der Waals surface area (Å²) in [5, 5.41) is 5.13. The zero-order valence-electron chi connectivity index (χ0n) is 23.2. The molecule has 200 valence electrons.